The standard InChI is InChI=1S/C12H20N2O3/c1-16-8-7-11-13-12(17-14-11)9-5-3-2-4-6-10(9)15/h9-10,15H,2-8H2,1H3. The van der Waals surface area contributed by atoms with E-state index in [9.17, 15) is 5.11 Å². The average molecular weight is 240 g/mol. The highest BCUT2D eigenvalue weighted by atomic mass is 16.5. The Hall–Kier alpha value is -0.940. The fraction of sp³-hybridized carbons (Fsp3) is 0.833. The van der Waals surface area contributed by atoms with Gasteiger partial charge in [-0.15, -0.1) is 0 Å². The maximum atomic E-state index is 10.0. The highest BCUT2D eigenvalue weighted by Crippen LogP contribution is 2.30. The third kappa shape index (κ3) is 3.26. The third-order valence-corrected chi connectivity index (χ3v) is 3.31. The molecule has 2 atom stereocenters. The number of ether oxygens (including phenoxy) is 1. The van der Waals surface area contributed by atoms with Crippen LogP contribution < -0.4 is 0 Å². The van der Waals surface area contributed by atoms with E-state index in [2.05, 4.69) is 10.1 Å². The molecule has 1 heterocycles. The van der Waals surface area contributed by atoms with Crippen LogP contribution in [0.2, 0.25) is 0 Å². The number of aliphatic hydroxyl groups is 1. The van der Waals surface area contributed by atoms with E-state index >= 15 is 0 Å². The molecule has 96 valence electrons. The fourth-order valence-corrected chi connectivity index (χ4v) is 2.29. The van der Waals surface area contributed by atoms with Crippen LogP contribution in [0.5, 0.6) is 0 Å². The topological polar surface area (TPSA) is 68.4 Å². The molecule has 2 rings (SSSR count). The zero-order valence-electron chi connectivity index (χ0n) is 10.3. The first-order valence-electron chi connectivity index (χ1n) is 6.30. The van der Waals surface area contributed by atoms with Crippen LogP contribution in [-0.4, -0.2) is 35.1 Å². The zero-order valence-corrected chi connectivity index (χ0v) is 10.3. The lowest BCUT2D eigenvalue weighted by Crippen LogP contribution is -2.17. The van der Waals surface area contributed by atoms with E-state index in [1.165, 1.54) is 6.42 Å². The highest BCUT2D eigenvalue weighted by Gasteiger charge is 2.28. The number of nitrogens with zero attached hydrogens (tertiary/aromatic N) is 2. The van der Waals surface area contributed by atoms with Crippen LogP contribution >= 0.6 is 0 Å². The molecule has 1 saturated carbocycles. The Morgan fingerprint density at radius 1 is 1.35 bits per heavy atom. The summed E-state index contributed by atoms with van der Waals surface area (Å²) in [5.41, 5.74) is 0. The predicted molar refractivity (Wildman–Crippen MR) is 61.7 cm³/mol. The number of methoxy groups -OCH3 is 1. The van der Waals surface area contributed by atoms with Gasteiger partial charge in [-0.1, -0.05) is 24.4 Å². The van der Waals surface area contributed by atoms with Crippen LogP contribution in [0.4, 0.5) is 0 Å². The molecular formula is C12H20N2O3. The van der Waals surface area contributed by atoms with Crippen molar-refractivity contribution in [3.63, 3.8) is 0 Å². The van der Waals surface area contributed by atoms with Gasteiger partial charge in [0.2, 0.25) is 5.89 Å². The van der Waals surface area contributed by atoms with Crippen molar-refractivity contribution in [3.8, 4) is 0 Å². The number of rotatable bonds is 4. The molecule has 0 bridgehead atoms. The number of hydrogen-bond donors (Lipinski definition) is 1. The van der Waals surface area contributed by atoms with Gasteiger partial charge in [0.15, 0.2) is 5.82 Å². The second kappa shape index (κ2) is 6.12. The molecule has 0 amide bonds. The van der Waals surface area contributed by atoms with Crippen molar-refractivity contribution in [2.45, 2.75) is 50.5 Å². The van der Waals surface area contributed by atoms with Gasteiger partial charge in [0, 0.05) is 13.5 Å². The van der Waals surface area contributed by atoms with E-state index in [4.69, 9.17) is 9.26 Å². The zero-order chi connectivity index (χ0) is 12.1. The van der Waals surface area contributed by atoms with Crippen molar-refractivity contribution in [3.05, 3.63) is 11.7 Å². The molecule has 1 aromatic heterocycles. The van der Waals surface area contributed by atoms with Crippen LogP contribution in [-0.2, 0) is 11.2 Å². The smallest absolute Gasteiger partial charge is 0.232 e. The largest absolute Gasteiger partial charge is 0.392 e. The third-order valence-electron chi connectivity index (χ3n) is 3.31. The van der Waals surface area contributed by atoms with Crippen LogP contribution in [0, 0.1) is 0 Å². The highest BCUT2D eigenvalue weighted by molar-refractivity contribution is 4.98. The molecule has 0 aliphatic heterocycles. The van der Waals surface area contributed by atoms with Crippen molar-refractivity contribution in [2.75, 3.05) is 13.7 Å². The first-order chi connectivity index (χ1) is 8.31. The summed E-state index contributed by atoms with van der Waals surface area (Å²) in [5, 5.41) is 14.0. The lowest BCUT2D eigenvalue weighted by molar-refractivity contribution is 0.119. The van der Waals surface area contributed by atoms with Gasteiger partial charge in [0.25, 0.3) is 0 Å². The molecule has 2 unspecified atom stereocenters. The fourth-order valence-electron chi connectivity index (χ4n) is 2.29. The van der Waals surface area contributed by atoms with Gasteiger partial charge >= 0.3 is 0 Å². The molecule has 0 aromatic carbocycles. The Kier molecular flexibility index (Phi) is 4.50. The summed E-state index contributed by atoms with van der Waals surface area (Å²) in [7, 11) is 1.65. The maximum Gasteiger partial charge on any atom is 0.232 e. The summed E-state index contributed by atoms with van der Waals surface area (Å²) in [6.07, 6.45) is 5.47. The summed E-state index contributed by atoms with van der Waals surface area (Å²) < 4.78 is 10.2. The van der Waals surface area contributed by atoms with Gasteiger partial charge in [-0.05, 0) is 12.8 Å². The molecule has 5 nitrogen and oxygen atoms in total. The van der Waals surface area contributed by atoms with Crippen LogP contribution in [0.15, 0.2) is 4.52 Å². The van der Waals surface area contributed by atoms with Crippen molar-refractivity contribution >= 4 is 0 Å². The molecule has 0 spiro atoms. The molecule has 1 N–H and O–H groups in total. The maximum absolute atomic E-state index is 10.0. The summed E-state index contributed by atoms with van der Waals surface area (Å²) in [5.74, 6) is 1.27. The summed E-state index contributed by atoms with van der Waals surface area (Å²) >= 11 is 0. The van der Waals surface area contributed by atoms with Gasteiger partial charge in [-0.2, -0.15) is 4.98 Å². The Morgan fingerprint density at radius 3 is 3.00 bits per heavy atom. The molecule has 1 fully saturated rings. The molecule has 0 radical (unpaired) electrons. The van der Waals surface area contributed by atoms with Gasteiger partial charge in [0.1, 0.15) is 0 Å². The first-order valence-corrected chi connectivity index (χ1v) is 6.30. The van der Waals surface area contributed by atoms with Crippen LogP contribution in [0.25, 0.3) is 0 Å². The number of hydrogen-bond acceptors (Lipinski definition) is 5. The summed E-state index contributed by atoms with van der Waals surface area (Å²) in [4.78, 5) is 4.35. The van der Waals surface area contributed by atoms with Crippen LogP contribution in [0.1, 0.15) is 49.7 Å². The number of aromatic nitrogens is 2. The van der Waals surface area contributed by atoms with Gasteiger partial charge in [-0.25, -0.2) is 0 Å². The molecule has 1 aliphatic carbocycles. The molecular weight excluding hydrogens is 220 g/mol. The van der Waals surface area contributed by atoms with E-state index < -0.39 is 0 Å². The Balaban J connectivity index is 2.01. The van der Waals surface area contributed by atoms with Gasteiger partial charge in [0.05, 0.1) is 18.6 Å². The monoisotopic (exact) mass is 240 g/mol. The van der Waals surface area contributed by atoms with Crippen molar-refractivity contribution < 1.29 is 14.4 Å². The minimum absolute atomic E-state index is 0.0151. The molecule has 1 aliphatic rings. The Morgan fingerprint density at radius 2 is 2.18 bits per heavy atom. The molecule has 5 heteroatoms. The summed E-state index contributed by atoms with van der Waals surface area (Å²) in [6, 6.07) is 0. The van der Waals surface area contributed by atoms with Crippen molar-refractivity contribution in [1.82, 2.24) is 10.1 Å². The minimum Gasteiger partial charge on any atom is -0.392 e. The van der Waals surface area contributed by atoms with Crippen molar-refractivity contribution in [1.29, 1.82) is 0 Å². The number of aliphatic hydroxyl groups excluding tert-OH is 1. The molecule has 1 aromatic rings. The van der Waals surface area contributed by atoms with Crippen molar-refractivity contribution in [2.24, 2.45) is 0 Å². The summed E-state index contributed by atoms with van der Waals surface area (Å²) in [6.45, 7) is 0.589. The van der Waals surface area contributed by atoms with Crippen LogP contribution in [0.3, 0.4) is 0 Å². The van der Waals surface area contributed by atoms with E-state index in [1.54, 1.807) is 7.11 Å². The van der Waals surface area contributed by atoms with E-state index in [0.29, 0.717) is 24.7 Å². The normalized spacial score (nSPS) is 25.8. The molecule has 17 heavy (non-hydrogen) atoms. The quantitative estimate of drug-likeness (QED) is 0.811. The Labute approximate surface area is 101 Å². The Bertz CT molecular complexity index is 340. The minimum atomic E-state index is -0.340. The SMILES string of the molecule is COCCc1noc(C2CCCCCC2O)n1. The van der Waals surface area contributed by atoms with E-state index in [0.717, 1.165) is 25.7 Å². The predicted octanol–water partition coefficient (Wildman–Crippen LogP) is 1.67. The first kappa shape index (κ1) is 12.5. The second-order valence-electron chi connectivity index (χ2n) is 4.60. The molecule has 0 saturated heterocycles. The average Bonchev–Trinajstić information content (AvgIpc) is 2.69. The van der Waals surface area contributed by atoms with Gasteiger partial charge in [-0.3, -0.25) is 0 Å². The lowest BCUT2D eigenvalue weighted by Gasteiger charge is -2.15. The lowest BCUT2D eigenvalue weighted by atomic mass is 9.97. The van der Waals surface area contributed by atoms with Gasteiger partial charge < -0.3 is 14.4 Å². The second-order valence-corrected chi connectivity index (χ2v) is 4.60. The van der Waals surface area contributed by atoms with E-state index in [-0.39, 0.29) is 12.0 Å². The van der Waals surface area contributed by atoms with E-state index in [1.807, 2.05) is 0 Å².